The molecule has 10 heteroatoms. The highest BCUT2D eigenvalue weighted by Gasteiger charge is 2.19. The molecule has 0 aliphatic rings. The number of ether oxygens (including phenoxy) is 1. The van der Waals surface area contributed by atoms with Crippen molar-refractivity contribution >= 4 is 45.2 Å². The van der Waals surface area contributed by atoms with E-state index in [1.807, 2.05) is 24.3 Å². The van der Waals surface area contributed by atoms with Crippen molar-refractivity contribution < 1.29 is 23.2 Å². The third kappa shape index (κ3) is 5.29. The molecule has 0 bridgehead atoms. The largest absolute Gasteiger partial charge is 0.453 e. The van der Waals surface area contributed by atoms with Crippen molar-refractivity contribution in [1.29, 1.82) is 0 Å². The lowest BCUT2D eigenvalue weighted by atomic mass is 10.1. The van der Waals surface area contributed by atoms with Crippen molar-refractivity contribution in [1.82, 2.24) is 9.97 Å². The van der Waals surface area contributed by atoms with Gasteiger partial charge in [0, 0.05) is 28.2 Å². The quantitative estimate of drug-likeness (QED) is 0.317. The SMILES string of the molecule is CC(=O)OC(C)C(=O)Nc1ccccc1-c1cnc(Nc2ccc(-c3cnco3)c(Br)c2)o1. The zero-order valence-corrected chi connectivity index (χ0v) is 19.3. The summed E-state index contributed by atoms with van der Waals surface area (Å²) < 4.78 is 16.9. The fourth-order valence-electron chi connectivity index (χ4n) is 3.07. The molecule has 2 aromatic heterocycles. The maximum Gasteiger partial charge on any atom is 0.303 e. The molecular formula is C23H19BrN4O5. The van der Waals surface area contributed by atoms with E-state index in [4.69, 9.17) is 13.6 Å². The first kappa shape index (κ1) is 22.3. The Kier molecular flexibility index (Phi) is 6.55. The molecule has 0 radical (unpaired) electrons. The molecule has 168 valence electrons. The van der Waals surface area contributed by atoms with Crippen LogP contribution >= 0.6 is 15.9 Å². The number of oxazole rings is 2. The fraction of sp³-hybridized carbons (Fsp3) is 0.130. The lowest BCUT2D eigenvalue weighted by Crippen LogP contribution is -2.29. The van der Waals surface area contributed by atoms with Crippen LogP contribution in [0.15, 0.2) is 74.6 Å². The van der Waals surface area contributed by atoms with Crippen LogP contribution in [0.3, 0.4) is 0 Å². The van der Waals surface area contributed by atoms with E-state index in [-0.39, 0.29) is 6.01 Å². The van der Waals surface area contributed by atoms with Crippen molar-refractivity contribution in [2.45, 2.75) is 20.0 Å². The van der Waals surface area contributed by atoms with E-state index in [0.717, 1.165) is 15.7 Å². The highest BCUT2D eigenvalue weighted by Crippen LogP contribution is 2.33. The third-order valence-corrected chi connectivity index (χ3v) is 5.24. The molecule has 1 amide bonds. The van der Waals surface area contributed by atoms with Gasteiger partial charge in [0.15, 0.2) is 24.0 Å². The number of hydrogen-bond donors (Lipinski definition) is 2. The van der Waals surface area contributed by atoms with Crippen molar-refractivity contribution in [3.63, 3.8) is 0 Å². The molecule has 33 heavy (non-hydrogen) atoms. The Bertz CT molecular complexity index is 1290. The topological polar surface area (TPSA) is 119 Å². The normalized spacial score (nSPS) is 11.6. The number of halogens is 1. The molecule has 2 N–H and O–H groups in total. The Morgan fingerprint density at radius 3 is 2.64 bits per heavy atom. The number of carbonyl (C=O) groups is 2. The molecule has 4 rings (SSSR count). The monoisotopic (exact) mass is 510 g/mol. The fourth-order valence-corrected chi connectivity index (χ4v) is 3.64. The van der Waals surface area contributed by atoms with Crippen LogP contribution in [0.2, 0.25) is 0 Å². The second kappa shape index (κ2) is 9.70. The van der Waals surface area contributed by atoms with Crippen molar-refractivity contribution in [2.75, 3.05) is 10.6 Å². The Morgan fingerprint density at radius 1 is 1.09 bits per heavy atom. The van der Waals surface area contributed by atoms with Gasteiger partial charge in [-0.1, -0.05) is 12.1 Å². The Morgan fingerprint density at radius 2 is 1.91 bits per heavy atom. The van der Waals surface area contributed by atoms with Gasteiger partial charge >= 0.3 is 5.97 Å². The zero-order valence-electron chi connectivity index (χ0n) is 17.7. The minimum Gasteiger partial charge on any atom is -0.453 e. The summed E-state index contributed by atoms with van der Waals surface area (Å²) in [5.74, 6) is 0.115. The number of amides is 1. The van der Waals surface area contributed by atoms with Gasteiger partial charge < -0.3 is 24.2 Å². The van der Waals surface area contributed by atoms with Crippen LogP contribution in [-0.4, -0.2) is 27.9 Å². The number of esters is 1. The van der Waals surface area contributed by atoms with E-state index in [9.17, 15) is 9.59 Å². The van der Waals surface area contributed by atoms with Crippen LogP contribution in [-0.2, 0) is 14.3 Å². The smallest absolute Gasteiger partial charge is 0.303 e. The molecule has 9 nitrogen and oxygen atoms in total. The van der Waals surface area contributed by atoms with Crippen LogP contribution in [0.25, 0.3) is 22.6 Å². The number of para-hydroxylation sites is 1. The summed E-state index contributed by atoms with van der Waals surface area (Å²) in [6.45, 7) is 2.75. The Hall–Kier alpha value is -3.92. The van der Waals surface area contributed by atoms with Gasteiger partial charge in [0.1, 0.15) is 0 Å². The van der Waals surface area contributed by atoms with Gasteiger partial charge in [-0.05, 0) is 53.2 Å². The first-order chi connectivity index (χ1) is 15.9. The molecule has 1 atom stereocenters. The van der Waals surface area contributed by atoms with Gasteiger partial charge in [0.2, 0.25) is 0 Å². The lowest BCUT2D eigenvalue weighted by Gasteiger charge is -2.14. The summed E-state index contributed by atoms with van der Waals surface area (Å²) in [6.07, 6.45) is 3.64. The first-order valence-electron chi connectivity index (χ1n) is 9.89. The number of aromatic nitrogens is 2. The standard InChI is InChI=1S/C23H19BrN4O5/c1-13(32-14(2)29)22(30)28-19-6-4-3-5-17(19)21-11-26-23(33-21)27-15-7-8-16(18(24)9-15)20-10-25-12-31-20/h3-13H,1-2H3,(H,26,27)(H,28,30). The maximum absolute atomic E-state index is 12.4. The molecule has 2 aromatic carbocycles. The van der Waals surface area contributed by atoms with Crippen LogP contribution in [0.4, 0.5) is 17.4 Å². The average molecular weight is 511 g/mol. The van der Waals surface area contributed by atoms with E-state index < -0.39 is 18.0 Å². The van der Waals surface area contributed by atoms with E-state index in [2.05, 4.69) is 36.5 Å². The number of carbonyl (C=O) groups excluding carboxylic acids is 2. The summed E-state index contributed by atoms with van der Waals surface area (Å²) in [6, 6.07) is 13.0. The van der Waals surface area contributed by atoms with Crippen molar-refractivity contribution in [3.8, 4) is 22.6 Å². The number of benzene rings is 2. The summed E-state index contributed by atoms with van der Waals surface area (Å²) in [5, 5.41) is 5.86. The number of hydrogen-bond acceptors (Lipinski definition) is 8. The highest BCUT2D eigenvalue weighted by molar-refractivity contribution is 9.10. The molecular weight excluding hydrogens is 492 g/mol. The molecule has 0 aliphatic carbocycles. The van der Waals surface area contributed by atoms with Crippen LogP contribution in [0, 0.1) is 0 Å². The van der Waals surface area contributed by atoms with Crippen LogP contribution < -0.4 is 10.6 Å². The summed E-state index contributed by atoms with van der Waals surface area (Å²) in [5.41, 5.74) is 2.74. The first-order valence-corrected chi connectivity index (χ1v) is 10.7. The molecule has 0 aliphatic heterocycles. The molecule has 0 fully saturated rings. The molecule has 1 unspecified atom stereocenters. The minimum atomic E-state index is -0.930. The van der Waals surface area contributed by atoms with Gasteiger partial charge in [-0.3, -0.25) is 9.59 Å². The van der Waals surface area contributed by atoms with E-state index >= 15 is 0 Å². The van der Waals surface area contributed by atoms with Crippen LogP contribution in [0.5, 0.6) is 0 Å². The second-order valence-corrected chi connectivity index (χ2v) is 7.86. The summed E-state index contributed by atoms with van der Waals surface area (Å²) in [7, 11) is 0. The molecule has 0 spiro atoms. The van der Waals surface area contributed by atoms with E-state index in [1.165, 1.54) is 20.2 Å². The molecule has 0 saturated heterocycles. The van der Waals surface area contributed by atoms with Crippen molar-refractivity contribution in [3.05, 3.63) is 65.7 Å². The highest BCUT2D eigenvalue weighted by atomic mass is 79.9. The summed E-state index contributed by atoms with van der Waals surface area (Å²) >= 11 is 3.53. The number of nitrogens with zero attached hydrogens (tertiary/aromatic N) is 2. The zero-order chi connectivity index (χ0) is 23.4. The minimum absolute atomic E-state index is 0.277. The van der Waals surface area contributed by atoms with Gasteiger partial charge in [-0.15, -0.1) is 0 Å². The average Bonchev–Trinajstić information content (AvgIpc) is 3.46. The predicted octanol–water partition coefficient (Wildman–Crippen LogP) is 5.39. The molecule has 4 aromatic rings. The molecule has 2 heterocycles. The number of nitrogens with one attached hydrogen (secondary N) is 2. The van der Waals surface area contributed by atoms with E-state index in [0.29, 0.717) is 22.8 Å². The molecule has 0 saturated carbocycles. The maximum atomic E-state index is 12.4. The third-order valence-electron chi connectivity index (χ3n) is 4.59. The van der Waals surface area contributed by atoms with Gasteiger partial charge in [-0.2, -0.15) is 0 Å². The summed E-state index contributed by atoms with van der Waals surface area (Å²) in [4.78, 5) is 31.7. The predicted molar refractivity (Wildman–Crippen MR) is 125 cm³/mol. The Labute approximate surface area is 197 Å². The van der Waals surface area contributed by atoms with Crippen LogP contribution in [0.1, 0.15) is 13.8 Å². The van der Waals surface area contributed by atoms with E-state index in [1.54, 1.807) is 30.6 Å². The lowest BCUT2D eigenvalue weighted by molar-refractivity contribution is -0.150. The second-order valence-electron chi connectivity index (χ2n) is 7.00. The van der Waals surface area contributed by atoms with Crippen molar-refractivity contribution in [2.24, 2.45) is 0 Å². The number of anilines is 3. The van der Waals surface area contributed by atoms with Gasteiger partial charge in [0.05, 0.1) is 18.1 Å². The van der Waals surface area contributed by atoms with Gasteiger partial charge in [-0.25, -0.2) is 9.97 Å². The Balaban J connectivity index is 1.51. The van der Waals surface area contributed by atoms with Gasteiger partial charge in [0.25, 0.3) is 11.9 Å². The number of rotatable bonds is 7.